The number of hydrogen-bond donors (Lipinski definition) is 0. The van der Waals surface area contributed by atoms with E-state index in [-0.39, 0.29) is 5.82 Å². The van der Waals surface area contributed by atoms with Crippen molar-refractivity contribution in [1.82, 2.24) is 19.6 Å². The fourth-order valence-electron chi connectivity index (χ4n) is 4.39. The molecule has 0 saturated carbocycles. The lowest BCUT2D eigenvalue weighted by atomic mass is 9.93. The fraction of sp³-hybridized carbons (Fsp3) is 0.476. The third-order valence-corrected chi connectivity index (χ3v) is 5.87. The van der Waals surface area contributed by atoms with Crippen LogP contribution < -0.4 is 4.74 Å². The summed E-state index contributed by atoms with van der Waals surface area (Å²) in [5.74, 6) is 1.89. The highest BCUT2D eigenvalue weighted by molar-refractivity contribution is 5.48. The average Bonchev–Trinajstić information content (AvgIpc) is 3.31. The molecule has 146 valence electrons. The van der Waals surface area contributed by atoms with Crippen LogP contribution in [0.25, 0.3) is 5.65 Å². The van der Waals surface area contributed by atoms with Crippen molar-refractivity contribution >= 4 is 5.65 Å². The molecule has 1 aromatic carbocycles. The zero-order valence-electron chi connectivity index (χ0n) is 15.7. The van der Waals surface area contributed by atoms with Gasteiger partial charge in [0.2, 0.25) is 0 Å². The van der Waals surface area contributed by atoms with Gasteiger partial charge in [-0.25, -0.2) is 9.37 Å². The first kappa shape index (κ1) is 17.6. The highest BCUT2D eigenvalue weighted by Crippen LogP contribution is 2.32. The Bertz CT molecular complexity index is 995. The van der Waals surface area contributed by atoms with E-state index in [0.717, 1.165) is 72.8 Å². The molecule has 0 radical (unpaired) electrons. The van der Waals surface area contributed by atoms with Gasteiger partial charge < -0.3 is 9.47 Å². The number of fused-ring (bicyclic) bond motifs is 2. The maximum atomic E-state index is 14.4. The Kier molecular flexibility index (Phi) is 4.68. The molecule has 28 heavy (non-hydrogen) atoms. The molecule has 0 bridgehead atoms. The molecule has 0 spiro atoms. The molecule has 6 nitrogen and oxygen atoms in total. The molecule has 1 saturated heterocycles. The molecule has 2 aliphatic rings. The predicted molar refractivity (Wildman–Crippen MR) is 101 cm³/mol. The van der Waals surface area contributed by atoms with Gasteiger partial charge in [-0.2, -0.15) is 0 Å². The highest BCUT2D eigenvalue weighted by Gasteiger charge is 2.22. The lowest BCUT2D eigenvalue weighted by Crippen LogP contribution is -2.09. The van der Waals surface area contributed by atoms with E-state index >= 15 is 0 Å². The van der Waals surface area contributed by atoms with E-state index in [9.17, 15) is 4.39 Å². The summed E-state index contributed by atoms with van der Waals surface area (Å²) in [4.78, 5) is 4.71. The molecule has 7 heteroatoms. The van der Waals surface area contributed by atoms with Gasteiger partial charge in [-0.3, -0.25) is 4.40 Å². The average molecular weight is 382 g/mol. The minimum absolute atomic E-state index is 0.167. The largest absolute Gasteiger partial charge is 0.493 e. The predicted octanol–water partition coefficient (Wildman–Crippen LogP) is 3.27. The van der Waals surface area contributed by atoms with Crippen LogP contribution in [0.4, 0.5) is 4.39 Å². The second-order valence-electron chi connectivity index (χ2n) is 7.50. The van der Waals surface area contributed by atoms with Crippen molar-refractivity contribution in [2.24, 2.45) is 0 Å². The summed E-state index contributed by atoms with van der Waals surface area (Å²) in [7, 11) is 0. The van der Waals surface area contributed by atoms with Crippen LogP contribution >= 0.6 is 0 Å². The van der Waals surface area contributed by atoms with Gasteiger partial charge in [0, 0.05) is 43.4 Å². The van der Waals surface area contributed by atoms with E-state index in [1.165, 1.54) is 6.07 Å². The van der Waals surface area contributed by atoms with Crippen molar-refractivity contribution in [2.75, 3.05) is 19.8 Å². The van der Waals surface area contributed by atoms with E-state index in [2.05, 4.69) is 10.2 Å². The smallest absolute Gasteiger partial charge is 0.167 e. The maximum absolute atomic E-state index is 14.4. The molecule has 0 N–H and O–H groups in total. The number of nitrogens with zero attached hydrogens (tertiary/aromatic N) is 4. The Morgan fingerprint density at radius 3 is 3.07 bits per heavy atom. The Morgan fingerprint density at radius 2 is 2.11 bits per heavy atom. The van der Waals surface area contributed by atoms with Crippen molar-refractivity contribution in [3.63, 3.8) is 0 Å². The highest BCUT2D eigenvalue weighted by atomic mass is 19.1. The first-order chi connectivity index (χ1) is 13.8. The van der Waals surface area contributed by atoms with E-state index in [1.54, 1.807) is 12.4 Å². The summed E-state index contributed by atoms with van der Waals surface area (Å²) >= 11 is 0. The monoisotopic (exact) mass is 382 g/mol. The molecule has 1 atom stereocenters. The van der Waals surface area contributed by atoms with Crippen LogP contribution in [0, 0.1) is 5.82 Å². The Hall–Kier alpha value is -2.54. The topological polar surface area (TPSA) is 61.5 Å². The van der Waals surface area contributed by atoms with Crippen LogP contribution in [0.15, 0.2) is 24.7 Å². The van der Waals surface area contributed by atoms with Gasteiger partial charge in [-0.1, -0.05) is 0 Å². The summed E-state index contributed by atoms with van der Waals surface area (Å²) in [6, 6.07) is 3.22. The van der Waals surface area contributed by atoms with Gasteiger partial charge in [-0.15, -0.1) is 10.2 Å². The number of aromatic nitrogens is 4. The summed E-state index contributed by atoms with van der Waals surface area (Å²) in [6.45, 7) is 2.22. The number of aryl methyl sites for hydroxylation is 1. The minimum Gasteiger partial charge on any atom is -0.493 e. The first-order valence-electron chi connectivity index (χ1n) is 9.99. The summed E-state index contributed by atoms with van der Waals surface area (Å²) < 4.78 is 27.6. The van der Waals surface area contributed by atoms with Crippen molar-refractivity contribution < 1.29 is 13.9 Å². The Labute approximate surface area is 162 Å². The van der Waals surface area contributed by atoms with Crippen LogP contribution in [0.5, 0.6) is 5.75 Å². The third-order valence-electron chi connectivity index (χ3n) is 5.87. The standard InChI is InChI=1S/C21H23FN4O2/c22-18-4-5-19-16(8-11-28-19)15(18)3-6-20-23-12-17(21-25-24-13-26(20)21)14-2-1-9-27-10-7-14/h4-5,12-14H,1-3,6-11H2. The quantitative estimate of drug-likeness (QED) is 0.693. The number of benzene rings is 1. The number of rotatable bonds is 4. The van der Waals surface area contributed by atoms with Gasteiger partial charge in [0.1, 0.15) is 23.7 Å². The molecule has 5 rings (SSSR count). The van der Waals surface area contributed by atoms with Crippen LogP contribution in [0.1, 0.15) is 47.7 Å². The van der Waals surface area contributed by atoms with Crippen molar-refractivity contribution in [1.29, 1.82) is 0 Å². The molecular weight excluding hydrogens is 359 g/mol. The fourth-order valence-corrected chi connectivity index (χ4v) is 4.39. The van der Waals surface area contributed by atoms with Crippen LogP contribution in [-0.2, 0) is 24.0 Å². The van der Waals surface area contributed by atoms with Gasteiger partial charge in [-0.05, 0) is 49.3 Å². The van der Waals surface area contributed by atoms with Crippen molar-refractivity contribution in [3.8, 4) is 5.75 Å². The maximum Gasteiger partial charge on any atom is 0.167 e. The zero-order valence-corrected chi connectivity index (χ0v) is 15.7. The number of halogens is 1. The van der Waals surface area contributed by atoms with Crippen molar-refractivity contribution in [3.05, 3.63) is 53.0 Å². The van der Waals surface area contributed by atoms with Gasteiger partial charge >= 0.3 is 0 Å². The normalized spacial score (nSPS) is 19.4. The van der Waals surface area contributed by atoms with Crippen LogP contribution in [-0.4, -0.2) is 39.4 Å². The third kappa shape index (κ3) is 3.13. The number of ether oxygens (including phenoxy) is 2. The van der Waals surface area contributed by atoms with Crippen LogP contribution in [0.2, 0.25) is 0 Å². The summed E-state index contributed by atoms with van der Waals surface area (Å²) in [5.41, 5.74) is 3.73. The summed E-state index contributed by atoms with van der Waals surface area (Å²) in [6.07, 6.45) is 8.71. The molecule has 0 amide bonds. The SMILES string of the molecule is Fc1ccc2c(c1CCc1ncc(C3CCCOCC3)c3nncn13)CCO2. The van der Waals surface area contributed by atoms with Crippen LogP contribution in [0.3, 0.4) is 0 Å². The zero-order chi connectivity index (χ0) is 18.9. The Balaban J connectivity index is 1.43. The first-order valence-corrected chi connectivity index (χ1v) is 9.99. The van der Waals surface area contributed by atoms with Gasteiger partial charge in [0.25, 0.3) is 0 Å². The van der Waals surface area contributed by atoms with E-state index < -0.39 is 0 Å². The Morgan fingerprint density at radius 1 is 1.14 bits per heavy atom. The second kappa shape index (κ2) is 7.47. The van der Waals surface area contributed by atoms with Crippen molar-refractivity contribution in [2.45, 2.75) is 44.4 Å². The van der Waals surface area contributed by atoms with E-state index in [4.69, 9.17) is 14.5 Å². The molecule has 2 aromatic heterocycles. The van der Waals surface area contributed by atoms with E-state index in [1.807, 2.05) is 10.6 Å². The van der Waals surface area contributed by atoms with Gasteiger partial charge in [0.15, 0.2) is 5.65 Å². The molecule has 3 aromatic rings. The molecule has 1 unspecified atom stereocenters. The summed E-state index contributed by atoms with van der Waals surface area (Å²) in [5, 5.41) is 8.47. The molecule has 1 fully saturated rings. The number of hydrogen-bond acceptors (Lipinski definition) is 5. The van der Waals surface area contributed by atoms with E-state index in [0.29, 0.717) is 25.4 Å². The minimum atomic E-state index is -0.167. The lowest BCUT2D eigenvalue weighted by Gasteiger charge is -2.15. The molecule has 0 aliphatic carbocycles. The van der Waals surface area contributed by atoms with Gasteiger partial charge in [0.05, 0.1) is 6.61 Å². The second-order valence-corrected chi connectivity index (χ2v) is 7.50. The molecular formula is C21H23FN4O2. The lowest BCUT2D eigenvalue weighted by molar-refractivity contribution is 0.143. The molecule has 2 aliphatic heterocycles. The molecule has 4 heterocycles.